The van der Waals surface area contributed by atoms with E-state index in [0.717, 1.165) is 18.6 Å². The molecule has 1 aromatic heterocycles. The fraction of sp³-hybridized carbons (Fsp3) is 0.429. The number of aromatic nitrogens is 2. The molecule has 0 spiro atoms. The standard InChI is InChI=1S/C21H26F2N6O2/c1-14(2)8-9-24-21(31)25-17-6-7-18(27-26-17)28-10-12-29(13-11-28)20(30)19-15(22)4-3-5-16(19)23/h3-7,14H,8-13H2,1-2H3,(H2,24,25,26,31). The molecule has 10 heteroatoms. The number of anilines is 2. The van der Waals surface area contributed by atoms with Gasteiger partial charge in [-0.25, -0.2) is 13.6 Å². The predicted octanol–water partition coefficient (Wildman–Crippen LogP) is 2.88. The van der Waals surface area contributed by atoms with Gasteiger partial charge in [-0.2, -0.15) is 0 Å². The first-order chi connectivity index (χ1) is 14.8. The Balaban J connectivity index is 1.52. The fourth-order valence-corrected chi connectivity index (χ4v) is 3.19. The van der Waals surface area contributed by atoms with Crippen molar-refractivity contribution in [3.05, 3.63) is 47.5 Å². The number of carbonyl (C=O) groups is 2. The van der Waals surface area contributed by atoms with Crippen molar-refractivity contribution in [1.82, 2.24) is 20.4 Å². The van der Waals surface area contributed by atoms with Gasteiger partial charge in [-0.15, -0.1) is 10.2 Å². The highest BCUT2D eigenvalue weighted by molar-refractivity contribution is 5.95. The highest BCUT2D eigenvalue weighted by atomic mass is 19.1. The summed E-state index contributed by atoms with van der Waals surface area (Å²) in [6, 6.07) is 6.41. The molecule has 2 aromatic rings. The van der Waals surface area contributed by atoms with E-state index in [1.807, 2.05) is 4.90 Å². The molecular weight excluding hydrogens is 406 g/mol. The zero-order valence-electron chi connectivity index (χ0n) is 17.6. The van der Waals surface area contributed by atoms with Gasteiger partial charge < -0.3 is 15.1 Å². The maximum Gasteiger partial charge on any atom is 0.320 e. The van der Waals surface area contributed by atoms with Crippen LogP contribution < -0.4 is 15.5 Å². The minimum Gasteiger partial charge on any atom is -0.352 e. The van der Waals surface area contributed by atoms with Gasteiger partial charge in [-0.3, -0.25) is 10.1 Å². The summed E-state index contributed by atoms with van der Waals surface area (Å²) in [5.74, 6) is -0.973. The second kappa shape index (κ2) is 10.1. The highest BCUT2D eigenvalue weighted by Crippen LogP contribution is 2.18. The lowest BCUT2D eigenvalue weighted by Crippen LogP contribution is -2.49. The minimum atomic E-state index is -0.866. The SMILES string of the molecule is CC(C)CCNC(=O)Nc1ccc(N2CCN(C(=O)c3c(F)cccc3F)CC2)nn1. The summed E-state index contributed by atoms with van der Waals surface area (Å²) < 4.78 is 27.8. The van der Waals surface area contributed by atoms with E-state index in [4.69, 9.17) is 0 Å². The number of hydrogen-bond donors (Lipinski definition) is 2. The average molecular weight is 432 g/mol. The first kappa shape index (κ1) is 22.4. The van der Waals surface area contributed by atoms with Crippen LogP contribution >= 0.6 is 0 Å². The third-order valence-corrected chi connectivity index (χ3v) is 4.97. The summed E-state index contributed by atoms with van der Waals surface area (Å²) in [6.07, 6.45) is 0.885. The Hall–Kier alpha value is -3.30. The first-order valence-electron chi connectivity index (χ1n) is 10.2. The molecule has 1 aromatic carbocycles. The summed E-state index contributed by atoms with van der Waals surface area (Å²) >= 11 is 0. The molecule has 2 heterocycles. The maximum atomic E-state index is 13.9. The topological polar surface area (TPSA) is 90.5 Å². The minimum absolute atomic E-state index is 0.298. The van der Waals surface area contributed by atoms with E-state index in [0.29, 0.717) is 50.3 Å². The monoisotopic (exact) mass is 432 g/mol. The third kappa shape index (κ3) is 5.87. The van der Waals surface area contributed by atoms with Crippen LogP contribution in [0.5, 0.6) is 0 Å². The zero-order chi connectivity index (χ0) is 22.4. The van der Waals surface area contributed by atoms with Crippen molar-refractivity contribution in [3.63, 3.8) is 0 Å². The molecule has 3 amide bonds. The van der Waals surface area contributed by atoms with Gasteiger partial charge in [0, 0.05) is 32.7 Å². The van der Waals surface area contributed by atoms with Crippen molar-refractivity contribution >= 4 is 23.6 Å². The molecule has 3 rings (SSSR count). The number of benzene rings is 1. The van der Waals surface area contributed by atoms with Gasteiger partial charge in [0.15, 0.2) is 11.6 Å². The number of rotatable bonds is 6. The molecule has 1 fully saturated rings. The summed E-state index contributed by atoms with van der Waals surface area (Å²) in [6.45, 7) is 6.22. The number of halogens is 2. The van der Waals surface area contributed by atoms with Crippen LogP contribution in [0, 0.1) is 17.6 Å². The lowest BCUT2D eigenvalue weighted by atomic mass is 10.1. The Kier molecular flexibility index (Phi) is 7.32. The molecule has 0 aliphatic carbocycles. The van der Waals surface area contributed by atoms with Crippen LogP contribution in [-0.2, 0) is 0 Å². The van der Waals surface area contributed by atoms with Crippen molar-refractivity contribution < 1.29 is 18.4 Å². The average Bonchev–Trinajstić information content (AvgIpc) is 2.74. The molecule has 1 aliphatic heterocycles. The summed E-state index contributed by atoms with van der Waals surface area (Å²) in [7, 11) is 0. The van der Waals surface area contributed by atoms with Crippen LogP contribution in [0.1, 0.15) is 30.6 Å². The number of urea groups is 1. The van der Waals surface area contributed by atoms with E-state index >= 15 is 0 Å². The smallest absolute Gasteiger partial charge is 0.320 e. The number of hydrogen-bond acceptors (Lipinski definition) is 5. The van der Waals surface area contributed by atoms with Gasteiger partial charge in [0.2, 0.25) is 0 Å². The van der Waals surface area contributed by atoms with Gasteiger partial charge in [-0.05, 0) is 36.6 Å². The molecule has 1 aliphatic rings. The van der Waals surface area contributed by atoms with E-state index in [-0.39, 0.29) is 6.03 Å². The lowest BCUT2D eigenvalue weighted by Gasteiger charge is -2.35. The number of piperazine rings is 1. The van der Waals surface area contributed by atoms with Gasteiger partial charge in [0.1, 0.15) is 17.2 Å². The van der Waals surface area contributed by atoms with Crippen LogP contribution in [-0.4, -0.2) is 59.8 Å². The van der Waals surface area contributed by atoms with Gasteiger partial charge in [-0.1, -0.05) is 19.9 Å². The molecule has 0 bridgehead atoms. The molecule has 8 nitrogen and oxygen atoms in total. The quantitative estimate of drug-likeness (QED) is 0.733. The normalized spacial score (nSPS) is 14.0. The molecule has 0 saturated carbocycles. The molecule has 0 unspecified atom stereocenters. The van der Waals surface area contributed by atoms with Crippen LogP contribution in [0.4, 0.5) is 25.2 Å². The van der Waals surface area contributed by atoms with Crippen molar-refractivity contribution in [2.75, 3.05) is 42.9 Å². The van der Waals surface area contributed by atoms with Crippen LogP contribution in [0.3, 0.4) is 0 Å². The van der Waals surface area contributed by atoms with E-state index in [1.54, 1.807) is 12.1 Å². The van der Waals surface area contributed by atoms with Crippen LogP contribution in [0.25, 0.3) is 0 Å². The van der Waals surface area contributed by atoms with Crippen LogP contribution in [0.2, 0.25) is 0 Å². The Bertz CT molecular complexity index is 894. The molecule has 1 saturated heterocycles. The van der Waals surface area contributed by atoms with Crippen LogP contribution in [0.15, 0.2) is 30.3 Å². The van der Waals surface area contributed by atoms with Crippen molar-refractivity contribution in [2.24, 2.45) is 5.92 Å². The molecule has 2 N–H and O–H groups in total. The third-order valence-electron chi connectivity index (χ3n) is 4.97. The summed E-state index contributed by atoms with van der Waals surface area (Å²) in [5.41, 5.74) is -0.530. The maximum absolute atomic E-state index is 13.9. The largest absolute Gasteiger partial charge is 0.352 e. The van der Waals surface area contributed by atoms with Crippen molar-refractivity contribution in [3.8, 4) is 0 Å². The van der Waals surface area contributed by atoms with Gasteiger partial charge in [0.05, 0.1) is 0 Å². The van der Waals surface area contributed by atoms with Crippen molar-refractivity contribution in [2.45, 2.75) is 20.3 Å². The predicted molar refractivity (Wildman–Crippen MR) is 113 cm³/mol. The number of amides is 3. The Morgan fingerprint density at radius 1 is 1.03 bits per heavy atom. The zero-order valence-corrected chi connectivity index (χ0v) is 17.6. The summed E-state index contributed by atoms with van der Waals surface area (Å²) in [4.78, 5) is 27.7. The van der Waals surface area contributed by atoms with Gasteiger partial charge in [0.25, 0.3) is 5.91 Å². The van der Waals surface area contributed by atoms with E-state index in [9.17, 15) is 18.4 Å². The Labute approximate surface area is 179 Å². The number of carbonyl (C=O) groups excluding carboxylic acids is 2. The molecule has 31 heavy (non-hydrogen) atoms. The molecule has 0 atom stereocenters. The van der Waals surface area contributed by atoms with E-state index in [2.05, 4.69) is 34.7 Å². The molecule has 0 radical (unpaired) electrons. The Morgan fingerprint density at radius 3 is 2.29 bits per heavy atom. The second-order valence-electron chi connectivity index (χ2n) is 7.72. The van der Waals surface area contributed by atoms with Gasteiger partial charge >= 0.3 is 6.03 Å². The van der Waals surface area contributed by atoms with E-state index in [1.165, 1.54) is 11.0 Å². The molecule has 166 valence electrons. The van der Waals surface area contributed by atoms with Crippen molar-refractivity contribution in [1.29, 1.82) is 0 Å². The number of nitrogens with one attached hydrogen (secondary N) is 2. The summed E-state index contributed by atoms with van der Waals surface area (Å²) in [5, 5.41) is 13.5. The highest BCUT2D eigenvalue weighted by Gasteiger charge is 2.27. The fourth-order valence-electron chi connectivity index (χ4n) is 3.19. The second-order valence-corrected chi connectivity index (χ2v) is 7.72. The first-order valence-corrected chi connectivity index (χ1v) is 10.2. The lowest BCUT2D eigenvalue weighted by molar-refractivity contribution is 0.0736. The number of nitrogens with zero attached hydrogens (tertiary/aromatic N) is 4. The van der Waals surface area contributed by atoms with E-state index < -0.39 is 23.1 Å². The Morgan fingerprint density at radius 2 is 1.71 bits per heavy atom. The molecular formula is C21H26F2N6O2.